The lowest BCUT2D eigenvalue weighted by Crippen LogP contribution is -2.32. The molecular weight excluding hydrogens is 282 g/mol. The van der Waals surface area contributed by atoms with Crippen LogP contribution in [0.1, 0.15) is 35.0 Å². The van der Waals surface area contributed by atoms with Gasteiger partial charge in [0, 0.05) is 47.5 Å². The van der Waals surface area contributed by atoms with E-state index in [-0.39, 0.29) is 0 Å². The lowest BCUT2D eigenvalue weighted by molar-refractivity contribution is 0.511. The Morgan fingerprint density at radius 3 is 2.91 bits per heavy atom. The molecule has 0 spiro atoms. The molecule has 3 nitrogen and oxygen atoms in total. The summed E-state index contributed by atoms with van der Waals surface area (Å²) in [5, 5.41) is 5.03. The number of aromatic nitrogens is 2. The average molecular weight is 305 g/mol. The Bertz CT molecular complexity index is 830. The van der Waals surface area contributed by atoms with Crippen LogP contribution in [0.15, 0.2) is 36.5 Å². The maximum absolute atomic E-state index is 4.41. The predicted molar refractivity (Wildman–Crippen MR) is 94.7 cm³/mol. The second-order valence-corrected chi connectivity index (χ2v) is 6.72. The number of pyridine rings is 1. The van der Waals surface area contributed by atoms with E-state index < -0.39 is 0 Å². The monoisotopic (exact) mass is 305 g/mol. The molecule has 1 aliphatic heterocycles. The summed E-state index contributed by atoms with van der Waals surface area (Å²) in [5.41, 5.74) is 7.99. The Kier molecular flexibility index (Phi) is 3.66. The standard InChI is InChI=1S/C20H23N3/c1-13-6-7-15(11-21-13)8-9-16-4-3-5-18-20(16)17-12-22-14(2)10-19(17)23-18/h3-7,11,14,22-23H,8-10,12H2,1-2H3. The van der Waals surface area contributed by atoms with Gasteiger partial charge in [0.15, 0.2) is 0 Å². The summed E-state index contributed by atoms with van der Waals surface area (Å²) in [5.74, 6) is 0. The molecule has 0 amide bonds. The molecule has 0 saturated heterocycles. The van der Waals surface area contributed by atoms with Gasteiger partial charge in [-0.3, -0.25) is 4.98 Å². The molecule has 0 saturated carbocycles. The van der Waals surface area contributed by atoms with Crippen molar-refractivity contribution in [2.24, 2.45) is 0 Å². The highest BCUT2D eigenvalue weighted by atomic mass is 14.9. The quantitative estimate of drug-likeness (QED) is 0.775. The molecule has 0 radical (unpaired) electrons. The third-order valence-electron chi connectivity index (χ3n) is 4.90. The number of rotatable bonds is 3. The predicted octanol–water partition coefficient (Wildman–Crippen LogP) is 3.69. The topological polar surface area (TPSA) is 40.7 Å². The van der Waals surface area contributed by atoms with Crippen LogP contribution in [0.3, 0.4) is 0 Å². The minimum absolute atomic E-state index is 0.553. The molecule has 23 heavy (non-hydrogen) atoms. The summed E-state index contributed by atoms with van der Waals surface area (Å²) in [6, 6.07) is 11.5. The van der Waals surface area contributed by atoms with E-state index in [1.54, 1.807) is 0 Å². The molecule has 1 atom stereocenters. The Hall–Kier alpha value is -2.13. The lowest BCUT2D eigenvalue weighted by atomic mass is 9.96. The molecule has 3 heteroatoms. The van der Waals surface area contributed by atoms with E-state index in [9.17, 15) is 0 Å². The van der Waals surface area contributed by atoms with Gasteiger partial charge in [0.1, 0.15) is 0 Å². The molecule has 2 N–H and O–H groups in total. The van der Waals surface area contributed by atoms with Crippen LogP contribution >= 0.6 is 0 Å². The van der Waals surface area contributed by atoms with E-state index in [2.05, 4.69) is 52.5 Å². The van der Waals surface area contributed by atoms with Crippen LogP contribution in [0.5, 0.6) is 0 Å². The zero-order valence-corrected chi connectivity index (χ0v) is 13.8. The summed E-state index contributed by atoms with van der Waals surface area (Å²) >= 11 is 0. The van der Waals surface area contributed by atoms with Gasteiger partial charge < -0.3 is 10.3 Å². The second-order valence-electron chi connectivity index (χ2n) is 6.72. The maximum atomic E-state index is 4.41. The first-order valence-electron chi connectivity index (χ1n) is 8.47. The minimum Gasteiger partial charge on any atom is -0.358 e. The van der Waals surface area contributed by atoms with Crippen molar-refractivity contribution in [2.75, 3.05) is 0 Å². The SMILES string of the molecule is Cc1ccc(CCc2cccc3[nH]c4c(c23)CNC(C)C4)cn1. The zero-order valence-electron chi connectivity index (χ0n) is 13.8. The average Bonchev–Trinajstić information content (AvgIpc) is 2.92. The molecule has 0 bridgehead atoms. The van der Waals surface area contributed by atoms with Crippen molar-refractivity contribution in [1.29, 1.82) is 0 Å². The van der Waals surface area contributed by atoms with Crippen LogP contribution in [0.4, 0.5) is 0 Å². The third kappa shape index (κ3) is 2.77. The van der Waals surface area contributed by atoms with Gasteiger partial charge in [0.25, 0.3) is 0 Å². The van der Waals surface area contributed by atoms with Gasteiger partial charge in [0.2, 0.25) is 0 Å². The normalized spacial score (nSPS) is 17.4. The Morgan fingerprint density at radius 2 is 2.09 bits per heavy atom. The summed E-state index contributed by atoms with van der Waals surface area (Å²) < 4.78 is 0. The highest BCUT2D eigenvalue weighted by Crippen LogP contribution is 2.29. The number of benzene rings is 1. The van der Waals surface area contributed by atoms with E-state index in [4.69, 9.17) is 0 Å². The highest BCUT2D eigenvalue weighted by molar-refractivity contribution is 5.88. The van der Waals surface area contributed by atoms with Crippen LogP contribution in [0.25, 0.3) is 10.9 Å². The number of hydrogen-bond acceptors (Lipinski definition) is 2. The zero-order chi connectivity index (χ0) is 15.8. The molecule has 1 unspecified atom stereocenters. The fourth-order valence-corrected chi connectivity index (χ4v) is 3.61. The smallest absolute Gasteiger partial charge is 0.0462 e. The maximum Gasteiger partial charge on any atom is 0.0462 e. The summed E-state index contributed by atoms with van der Waals surface area (Å²) in [4.78, 5) is 8.05. The first kappa shape index (κ1) is 14.5. The fourth-order valence-electron chi connectivity index (χ4n) is 3.61. The van der Waals surface area contributed by atoms with Crippen molar-refractivity contribution >= 4 is 10.9 Å². The molecule has 118 valence electrons. The van der Waals surface area contributed by atoms with E-state index in [1.165, 1.54) is 33.3 Å². The molecule has 0 aliphatic carbocycles. The molecule has 3 aromatic rings. The van der Waals surface area contributed by atoms with Gasteiger partial charge in [-0.15, -0.1) is 0 Å². The van der Waals surface area contributed by atoms with E-state index in [1.807, 2.05) is 13.1 Å². The van der Waals surface area contributed by atoms with E-state index in [0.717, 1.165) is 31.5 Å². The van der Waals surface area contributed by atoms with Gasteiger partial charge in [-0.25, -0.2) is 0 Å². The van der Waals surface area contributed by atoms with Crippen molar-refractivity contribution in [2.45, 2.75) is 45.7 Å². The molecule has 2 aromatic heterocycles. The minimum atomic E-state index is 0.553. The second kappa shape index (κ2) is 5.82. The molecule has 1 aliphatic rings. The van der Waals surface area contributed by atoms with E-state index >= 15 is 0 Å². The number of nitrogens with zero attached hydrogens (tertiary/aromatic N) is 1. The van der Waals surface area contributed by atoms with Crippen LogP contribution < -0.4 is 5.32 Å². The third-order valence-corrected chi connectivity index (χ3v) is 4.90. The largest absolute Gasteiger partial charge is 0.358 e. The number of aromatic amines is 1. The van der Waals surface area contributed by atoms with Crippen molar-refractivity contribution < 1.29 is 0 Å². The molecular formula is C20H23N3. The van der Waals surface area contributed by atoms with Crippen LogP contribution in [0.2, 0.25) is 0 Å². The summed E-state index contributed by atoms with van der Waals surface area (Å²) in [7, 11) is 0. The number of aryl methyl sites for hydroxylation is 3. The molecule has 0 fully saturated rings. The van der Waals surface area contributed by atoms with Gasteiger partial charge in [-0.2, -0.15) is 0 Å². The highest BCUT2D eigenvalue weighted by Gasteiger charge is 2.20. The summed E-state index contributed by atoms with van der Waals surface area (Å²) in [6.07, 6.45) is 5.19. The number of H-pyrrole nitrogens is 1. The van der Waals surface area contributed by atoms with Gasteiger partial charge in [-0.05, 0) is 55.5 Å². The number of hydrogen-bond donors (Lipinski definition) is 2. The lowest BCUT2D eigenvalue weighted by Gasteiger charge is -2.20. The Labute approximate surface area is 137 Å². The molecule has 4 rings (SSSR count). The van der Waals surface area contributed by atoms with Crippen molar-refractivity contribution in [3.05, 3.63) is 64.6 Å². The van der Waals surface area contributed by atoms with Crippen LogP contribution in [-0.2, 0) is 25.8 Å². The number of fused-ring (bicyclic) bond motifs is 3. The van der Waals surface area contributed by atoms with Crippen molar-refractivity contribution in [3.8, 4) is 0 Å². The molecule has 1 aromatic carbocycles. The molecule has 3 heterocycles. The van der Waals surface area contributed by atoms with Crippen molar-refractivity contribution in [3.63, 3.8) is 0 Å². The van der Waals surface area contributed by atoms with Crippen LogP contribution in [0, 0.1) is 6.92 Å². The van der Waals surface area contributed by atoms with Gasteiger partial charge >= 0.3 is 0 Å². The first-order chi connectivity index (χ1) is 11.2. The first-order valence-corrected chi connectivity index (χ1v) is 8.47. The van der Waals surface area contributed by atoms with E-state index in [0.29, 0.717) is 6.04 Å². The van der Waals surface area contributed by atoms with Crippen molar-refractivity contribution in [1.82, 2.24) is 15.3 Å². The number of nitrogens with one attached hydrogen (secondary N) is 2. The fraction of sp³-hybridized carbons (Fsp3) is 0.350. The Morgan fingerprint density at radius 1 is 1.17 bits per heavy atom. The van der Waals surface area contributed by atoms with Crippen LogP contribution in [-0.4, -0.2) is 16.0 Å². The summed E-state index contributed by atoms with van der Waals surface area (Å²) in [6.45, 7) is 5.25. The van der Waals surface area contributed by atoms with Gasteiger partial charge in [0.05, 0.1) is 0 Å². The Balaban J connectivity index is 1.66. The van der Waals surface area contributed by atoms with Gasteiger partial charge in [-0.1, -0.05) is 18.2 Å².